The zero-order valence-corrected chi connectivity index (χ0v) is 13.2. The molecule has 6 heteroatoms. The Balaban J connectivity index is 2.10. The van der Waals surface area contributed by atoms with Gasteiger partial charge in [0.05, 0.1) is 6.61 Å². The van der Waals surface area contributed by atoms with Crippen LogP contribution in [0.2, 0.25) is 0 Å². The molecule has 0 fully saturated rings. The Labute approximate surface area is 129 Å². The predicted molar refractivity (Wildman–Crippen MR) is 86.6 cm³/mol. The molecule has 0 aliphatic rings. The number of benzene rings is 1. The summed E-state index contributed by atoms with van der Waals surface area (Å²) in [6.07, 6.45) is -0.539. The molecule has 1 amide bonds. The van der Waals surface area contributed by atoms with Gasteiger partial charge in [0.25, 0.3) is 0 Å². The van der Waals surface area contributed by atoms with Gasteiger partial charge in [0.15, 0.2) is 11.6 Å². The Morgan fingerprint density at radius 2 is 1.68 bits per heavy atom. The number of carbonyl (C=O) groups is 1. The fourth-order valence-corrected chi connectivity index (χ4v) is 2.24. The standard InChI is InChI=1S/C16H20N4O2/c1-5-22-16(21)18-14-7-6-13(19-20-14)17-15-11(3)8-10(2)9-12(15)4/h6-9H,5H2,1-4H3,(H,17,19)(H,18,20,21). The van der Waals surface area contributed by atoms with Crippen molar-refractivity contribution in [3.63, 3.8) is 0 Å². The second kappa shape index (κ2) is 6.89. The molecule has 0 aliphatic carbocycles. The molecule has 2 N–H and O–H groups in total. The maximum Gasteiger partial charge on any atom is 0.412 e. The number of amides is 1. The summed E-state index contributed by atoms with van der Waals surface area (Å²) in [5.41, 5.74) is 4.53. The normalized spacial score (nSPS) is 10.2. The maximum atomic E-state index is 11.3. The third kappa shape index (κ3) is 3.94. The Morgan fingerprint density at radius 1 is 1.09 bits per heavy atom. The van der Waals surface area contributed by atoms with E-state index in [2.05, 4.69) is 39.9 Å². The number of nitrogens with zero attached hydrogens (tertiary/aromatic N) is 2. The average molecular weight is 300 g/mol. The first-order valence-electron chi connectivity index (χ1n) is 7.12. The Bertz CT molecular complexity index is 645. The van der Waals surface area contributed by atoms with E-state index in [1.54, 1.807) is 19.1 Å². The number of hydrogen-bond donors (Lipinski definition) is 2. The predicted octanol–water partition coefficient (Wildman–Crippen LogP) is 3.71. The minimum Gasteiger partial charge on any atom is -0.450 e. The molecule has 2 rings (SSSR count). The van der Waals surface area contributed by atoms with Gasteiger partial charge in [0.2, 0.25) is 0 Å². The number of carbonyl (C=O) groups excluding carboxylic acids is 1. The molecule has 116 valence electrons. The molecule has 6 nitrogen and oxygen atoms in total. The Kier molecular flexibility index (Phi) is 4.93. The van der Waals surface area contributed by atoms with E-state index in [-0.39, 0.29) is 0 Å². The SMILES string of the molecule is CCOC(=O)Nc1ccc(Nc2c(C)cc(C)cc2C)nn1. The molecule has 1 aromatic heterocycles. The highest BCUT2D eigenvalue weighted by Crippen LogP contribution is 2.25. The van der Waals surface area contributed by atoms with Gasteiger partial charge in [0.1, 0.15) is 0 Å². The van der Waals surface area contributed by atoms with Gasteiger partial charge >= 0.3 is 6.09 Å². The van der Waals surface area contributed by atoms with Crippen LogP contribution < -0.4 is 10.6 Å². The van der Waals surface area contributed by atoms with Crippen LogP contribution in [0.4, 0.5) is 22.1 Å². The van der Waals surface area contributed by atoms with E-state index in [1.165, 1.54) is 5.56 Å². The minimum atomic E-state index is -0.539. The van der Waals surface area contributed by atoms with E-state index < -0.39 is 6.09 Å². The molecule has 1 heterocycles. The van der Waals surface area contributed by atoms with Crippen molar-refractivity contribution in [3.05, 3.63) is 41.0 Å². The molecule has 0 atom stereocenters. The van der Waals surface area contributed by atoms with E-state index >= 15 is 0 Å². The molecule has 0 saturated carbocycles. The van der Waals surface area contributed by atoms with E-state index in [1.807, 2.05) is 13.8 Å². The smallest absolute Gasteiger partial charge is 0.412 e. The van der Waals surface area contributed by atoms with E-state index in [9.17, 15) is 4.79 Å². The minimum absolute atomic E-state index is 0.310. The summed E-state index contributed by atoms with van der Waals surface area (Å²) in [6.45, 7) is 8.22. The molecule has 22 heavy (non-hydrogen) atoms. The number of nitrogens with one attached hydrogen (secondary N) is 2. The van der Waals surface area contributed by atoms with Crippen LogP contribution in [0, 0.1) is 20.8 Å². The molecule has 0 spiro atoms. The topological polar surface area (TPSA) is 76.1 Å². The molecule has 1 aromatic carbocycles. The molecule has 0 radical (unpaired) electrons. The summed E-state index contributed by atoms with van der Waals surface area (Å²) < 4.78 is 4.78. The number of rotatable bonds is 4. The second-order valence-electron chi connectivity index (χ2n) is 5.05. The van der Waals surface area contributed by atoms with Gasteiger partial charge in [-0.1, -0.05) is 17.7 Å². The van der Waals surface area contributed by atoms with E-state index in [0.717, 1.165) is 16.8 Å². The van der Waals surface area contributed by atoms with E-state index in [4.69, 9.17) is 4.74 Å². The van der Waals surface area contributed by atoms with Crippen LogP contribution in [0.15, 0.2) is 24.3 Å². The quantitative estimate of drug-likeness (QED) is 0.900. The van der Waals surface area contributed by atoms with Crippen molar-refractivity contribution < 1.29 is 9.53 Å². The first-order chi connectivity index (χ1) is 10.5. The van der Waals surface area contributed by atoms with Crippen molar-refractivity contribution in [2.24, 2.45) is 0 Å². The number of hydrogen-bond acceptors (Lipinski definition) is 5. The van der Waals surface area contributed by atoms with Crippen molar-refractivity contribution in [1.82, 2.24) is 10.2 Å². The summed E-state index contributed by atoms with van der Waals surface area (Å²) in [7, 11) is 0. The lowest BCUT2D eigenvalue weighted by molar-refractivity contribution is 0.168. The lowest BCUT2D eigenvalue weighted by atomic mass is 10.1. The van der Waals surface area contributed by atoms with Gasteiger partial charge < -0.3 is 10.1 Å². The third-order valence-electron chi connectivity index (χ3n) is 3.10. The maximum absolute atomic E-state index is 11.3. The zero-order chi connectivity index (χ0) is 16.1. The monoisotopic (exact) mass is 300 g/mol. The fourth-order valence-electron chi connectivity index (χ4n) is 2.24. The highest BCUT2D eigenvalue weighted by Gasteiger charge is 2.07. The molecular weight excluding hydrogens is 280 g/mol. The van der Waals surface area contributed by atoms with Crippen LogP contribution in [0.25, 0.3) is 0 Å². The van der Waals surface area contributed by atoms with Crippen LogP contribution in [0.1, 0.15) is 23.6 Å². The van der Waals surface area contributed by atoms with Crippen molar-refractivity contribution in [2.75, 3.05) is 17.2 Å². The van der Waals surface area contributed by atoms with Gasteiger partial charge in [-0.25, -0.2) is 4.79 Å². The summed E-state index contributed by atoms with van der Waals surface area (Å²) >= 11 is 0. The molecule has 0 unspecified atom stereocenters. The Morgan fingerprint density at radius 3 is 2.23 bits per heavy atom. The fraction of sp³-hybridized carbons (Fsp3) is 0.312. The van der Waals surface area contributed by atoms with Crippen molar-refractivity contribution in [1.29, 1.82) is 0 Å². The third-order valence-corrected chi connectivity index (χ3v) is 3.10. The van der Waals surface area contributed by atoms with Crippen molar-refractivity contribution >= 4 is 23.4 Å². The van der Waals surface area contributed by atoms with Crippen LogP contribution in [-0.2, 0) is 4.74 Å². The second-order valence-corrected chi connectivity index (χ2v) is 5.05. The average Bonchev–Trinajstić information content (AvgIpc) is 2.45. The number of ether oxygens (including phenoxy) is 1. The highest BCUT2D eigenvalue weighted by atomic mass is 16.5. The first-order valence-corrected chi connectivity index (χ1v) is 7.12. The summed E-state index contributed by atoms with van der Waals surface area (Å²) in [4.78, 5) is 11.3. The van der Waals surface area contributed by atoms with Crippen LogP contribution >= 0.6 is 0 Å². The Hall–Kier alpha value is -2.63. The van der Waals surface area contributed by atoms with Crippen molar-refractivity contribution in [3.8, 4) is 0 Å². The van der Waals surface area contributed by atoms with Crippen molar-refractivity contribution in [2.45, 2.75) is 27.7 Å². The van der Waals surface area contributed by atoms with Gasteiger partial charge in [-0.05, 0) is 51.0 Å². The number of aromatic nitrogens is 2. The van der Waals surface area contributed by atoms with Gasteiger partial charge in [0, 0.05) is 5.69 Å². The lowest BCUT2D eigenvalue weighted by Gasteiger charge is -2.13. The molecule has 2 aromatic rings. The summed E-state index contributed by atoms with van der Waals surface area (Å²) in [6, 6.07) is 7.65. The van der Waals surface area contributed by atoms with Crippen LogP contribution in [0.3, 0.4) is 0 Å². The molecule has 0 bridgehead atoms. The van der Waals surface area contributed by atoms with Gasteiger partial charge in [-0.2, -0.15) is 0 Å². The van der Waals surface area contributed by atoms with Gasteiger partial charge in [-0.15, -0.1) is 10.2 Å². The van der Waals surface area contributed by atoms with E-state index in [0.29, 0.717) is 18.2 Å². The van der Waals surface area contributed by atoms with Crippen LogP contribution in [-0.4, -0.2) is 22.9 Å². The lowest BCUT2D eigenvalue weighted by Crippen LogP contribution is -2.14. The molecule has 0 aliphatic heterocycles. The summed E-state index contributed by atoms with van der Waals surface area (Å²) in [5.74, 6) is 0.964. The molecule has 0 saturated heterocycles. The van der Waals surface area contributed by atoms with Gasteiger partial charge in [-0.3, -0.25) is 5.32 Å². The molecular formula is C16H20N4O2. The first kappa shape index (κ1) is 15.8. The highest BCUT2D eigenvalue weighted by molar-refractivity contribution is 5.83. The number of aryl methyl sites for hydroxylation is 3. The van der Waals surface area contributed by atoms with Crippen LogP contribution in [0.5, 0.6) is 0 Å². The summed E-state index contributed by atoms with van der Waals surface area (Å²) in [5, 5.41) is 13.8. The number of anilines is 3. The largest absolute Gasteiger partial charge is 0.450 e. The zero-order valence-electron chi connectivity index (χ0n) is 13.2.